The van der Waals surface area contributed by atoms with Gasteiger partial charge in [-0.1, -0.05) is 26.0 Å². The Kier molecular flexibility index (Phi) is 5.54. The van der Waals surface area contributed by atoms with Crippen molar-refractivity contribution in [2.24, 2.45) is 5.92 Å². The Balaban J connectivity index is 2.56. The second kappa shape index (κ2) is 6.69. The van der Waals surface area contributed by atoms with Gasteiger partial charge in [0, 0.05) is 6.54 Å². The quantitative estimate of drug-likeness (QED) is 0.819. The van der Waals surface area contributed by atoms with Crippen molar-refractivity contribution in [1.82, 2.24) is 10.6 Å². The molecule has 0 amide bonds. The molecule has 18 heavy (non-hydrogen) atoms. The van der Waals surface area contributed by atoms with Crippen molar-refractivity contribution in [3.63, 3.8) is 0 Å². The van der Waals surface area contributed by atoms with E-state index in [2.05, 4.69) is 24.5 Å². The van der Waals surface area contributed by atoms with E-state index in [1.807, 2.05) is 13.0 Å². The van der Waals surface area contributed by atoms with Crippen LogP contribution < -0.4 is 10.6 Å². The molecule has 0 aromatic heterocycles. The maximum atomic E-state index is 13.5. The topological polar surface area (TPSA) is 24.1 Å². The number of hydrogen-bond acceptors (Lipinski definition) is 1. The highest BCUT2D eigenvalue weighted by atomic mass is 32.1. The first kappa shape index (κ1) is 14.9. The van der Waals surface area contributed by atoms with Gasteiger partial charge in [-0.2, -0.15) is 0 Å². The minimum Gasteiger partial charge on any atom is -0.362 e. The van der Waals surface area contributed by atoms with Gasteiger partial charge in [0.25, 0.3) is 0 Å². The van der Waals surface area contributed by atoms with E-state index in [0.717, 1.165) is 12.1 Å². The second-order valence-electron chi connectivity index (χ2n) is 4.98. The lowest BCUT2D eigenvalue weighted by Crippen LogP contribution is -2.38. The van der Waals surface area contributed by atoms with Crippen molar-refractivity contribution in [2.75, 3.05) is 6.54 Å². The monoisotopic (exact) mass is 268 g/mol. The third-order valence-corrected chi connectivity index (χ3v) is 2.98. The molecule has 1 rings (SSSR count). The highest BCUT2D eigenvalue weighted by Gasteiger charge is 2.09. The minimum absolute atomic E-state index is 0.00716. The van der Waals surface area contributed by atoms with Crippen LogP contribution in [0.1, 0.15) is 37.9 Å². The molecule has 100 valence electrons. The van der Waals surface area contributed by atoms with Crippen LogP contribution >= 0.6 is 12.2 Å². The van der Waals surface area contributed by atoms with Crippen LogP contribution in [0, 0.1) is 18.7 Å². The number of hydrogen-bond donors (Lipinski definition) is 2. The summed E-state index contributed by atoms with van der Waals surface area (Å²) >= 11 is 5.19. The van der Waals surface area contributed by atoms with Crippen molar-refractivity contribution in [3.05, 3.63) is 35.1 Å². The summed E-state index contributed by atoms with van der Waals surface area (Å²) in [5, 5.41) is 6.90. The van der Waals surface area contributed by atoms with Crippen LogP contribution in [-0.4, -0.2) is 11.7 Å². The molecule has 1 atom stereocenters. The molecule has 0 heterocycles. The Morgan fingerprint density at radius 2 is 2.00 bits per heavy atom. The third-order valence-electron chi connectivity index (χ3n) is 2.71. The van der Waals surface area contributed by atoms with Crippen molar-refractivity contribution in [1.29, 1.82) is 0 Å². The van der Waals surface area contributed by atoms with Crippen molar-refractivity contribution in [2.45, 2.75) is 33.7 Å². The molecular formula is C14H21FN2S. The van der Waals surface area contributed by atoms with Gasteiger partial charge in [-0.3, -0.25) is 0 Å². The molecule has 1 aromatic carbocycles. The molecule has 0 bridgehead atoms. The summed E-state index contributed by atoms with van der Waals surface area (Å²) in [6.45, 7) is 8.79. The van der Waals surface area contributed by atoms with Crippen molar-refractivity contribution < 1.29 is 4.39 Å². The van der Waals surface area contributed by atoms with Crippen LogP contribution in [-0.2, 0) is 0 Å². The first-order valence-corrected chi connectivity index (χ1v) is 6.61. The summed E-state index contributed by atoms with van der Waals surface area (Å²) < 4.78 is 13.5. The molecule has 0 saturated carbocycles. The lowest BCUT2D eigenvalue weighted by atomic mass is 10.1. The lowest BCUT2D eigenvalue weighted by Gasteiger charge is -2.18. The standard InChI is InChI=1S/C14H21FN2S/c1-9(2)8-16-14(18)17-11(4)12-6-5-10(3)13(15)7-12/h5-7,9,11H,8H2,1-4H3,(H2,16,17,18). The fraction of sp³-hybridized carbons (Fsp3) is 0.500. The van der Waals surface area contributed by atoms with Crippen molar-refractivity contribution >= 4 is 17.3 Å². The number of thiocarbonyl (C=S) groups is 1. The Morgan fingerprint density at radius 1 is 1.33 bits per heavy atom. The van der Waals surface area contributed by atoms with Crippen molar-refractivity contribution in [3.8, 4) is 0 Å². The van der Waals surface area contributed by atoms with E-state index in [1.165, 1.54) is 0 Å². The van der Waals surface area contributed by atoms with Gasteiger partial charge in [0.05, 0.1) is 6.04 Å². The summed E-state index contributed by atoms with van der Waals surface area (Å²) in [5.41, 5.74) is 1.55. The maximum absolute atomic E-state index is 13.5. The number of halogens is 1. The third kappa shape index (κ3) is 4.61. The Labute approximate surface area is 114 Å². The van der Waals surface area contributed by atoms with Crippen LogP contribution in [0.4, 0.5) is 4.39 Å². The van der Waals surface area contributed by atoms with Gasteiger partial charge in [-0.05, 0) is 49.2 Å². The van der Waals surface area contributed by atoms with Gasteiger partial charge < -0.3 is 10.6 Å². The van der Waals surface area contributed by atoms with Crippen LogP contribution in [0.3, 0.4) is 0 Å². The van der Waals surface area contributed by atoms with Crippen LogP contribution in [0.5, 0.6) is 0 Å². The molecule has 0 aliphatic carbocycles. The number of aryl methyl sites for hydroxylation is 1. The molecule has 0 saturated heterocycles. The molecule has 0 radical (unpaired) electrons. The SMILES string of the molecule is Cc1ccc(C(C)NC(=S)NCC(C)C)cc1F. The Hall–Kier alpha value is -1.16. The van der Waals surface area contributed by atoms with Crippen LogP contribution in [0.15, 0.2) is 18.2 Å². The largest absolute Gasteiger partial charge is 0.362 e. The van der Waals surface area contributed by atoms with E-state index in [1.54, 1.807) is 19.1 Å². The van der Waals surface area contributed by atoms with Gasteiger partial charge >= 0.3 is 0 Å². The average Bonchev–Trinajstić information content (AvgIpc) is 2.30. The highest BCUT2D eigenvalue weighted by molar-refractivity contribution is 7.80. The Morgan fingerprint density at radius 3 is 2.56 bits per heavy atom. The fourth-order valence-corrected chi connectivity index (χ4v) is 1.77. The highest BCUT2D eigenvalue weighted by Crippen LogP contribution is 2.16. The zero-order chi connectivity index (χ0) is 13.7. The van der Waals surface area contributed by atoms with Crippen LogP contribution in [0.25, 0.3) is 0 Å². The first-order chi connectivity index (χ1) is 8.40. The molecule has 2 N–H and O–H groups in total. The summed E-state index contributed by atoms with van der Waals surface area (Å²) in [7, 11) is 0. The van der Waals surface area contributed by atoms with E-state index in [-0.39, 0.29) is 11.9 Å². The summed E-state index contributed by atoms with van der Waals surface area (Å²) in [6.07, 6.45) is 0. The smallest absolute Gasteiger partial charge is 0.166 e. The number of benzene rings is 1. The average molecular weight is 268 g/mol. The second-order valence-corrected chi connectivity index (χ2v) is 5.39. The van der Waals surface area contributed by atoms with Gasteiger partial charge in [-0.15, -0.1) is 0 Å². The fourth-order valence-electron chi connectivity index (χ4n) is 1.51. The molecule has 0 aliphatic heterocycles. The molecule has 0 spiro atoms. The van der Waals surface area contributed by atoms with Gasteiger partial charge in [0.1, 0.15) is 5.82 Å². The zero-order valence-corrected chi connectivity index (χ0v) is 12.2. The first-order valence-electron chi connectivity index (χ1n) is 6.20. The van der Waals surface area contributed by atoms with E-state index in [0.29, 0.717) is 16.6 Å². The molecular weight excluding hydrogens is 247 g/mol. The molecule has 0 aliphatic rings. The number of nitrogens with one attached hydrogen (secondary N) is 2. The lowest BCUT2D eigenvalue weighted by molar-refractivity contribution is 0.599. The van der Waals surface area contributed by atoms with Crippen LogP contribution in [0.2, 0.25) is 0 Å². The van der Waals surface area contributed by atoms with E-state index < -0.39 is 0 Å². The predicted molar refractivity (Wildman–Crippen MR) is 78.1 cm³/mol. The minimum atomic E-state index is -0.179. The maximum Gasteiger partial charge on any atom is 0.166 e. The van der Waals surface area contributed by atoms with Gasteiger partial charge in [0.15, 0.2) is 5.11 Å². The van der Waals surface area contributed by atoms with Gasteiger partial charge in [-0.25, -0.2) is 4.39 Å². The van der Waals surface area contributed by atoms with E-state index in [4.69, 9.17) is 12.2 Å². The summed E-state index contributed by atoms with van der Waals surface area (Å²) in [5.74, 6) is 0.360. The number of rotatable bonds is 4. The normalized spacial score (nSPS) is 12.3. The predicted octanol–water partition coefficient (Wildman–Crippen LogP) is 3.32. The molecule has 2 nitrogen and oxygen atoms in total. The van der Waals surface area contributed by atoms with Gasteiger partial charge in [0.2, 0.25) is 0 Å². The summed E-state index contributed by atoms with van der Waals surface area (Å²) in [4.78, 5) is 0. The summed E-state index contributed by atoms with van der Waals surface area (Å²) in [6, 6.07) is 5.25. The zero-order valence-electron chi connectivity index (χ0n) is 11.4. The molecule has 1 aromatic rings. The Bertz CT molecular complexity index is 418. The molecule has 0 fully saturated rings. The molecule has 4 heteroatoms. The van der Waals surface area contributed by atoms with E-state index in [9.17, 15) is 4.39 Å². The van der Waals surface area contributed by atoms with E-state index >= 15 is 0 Å². The molecule has 1 unspecified atom stereocenters.